The summed E-state index contributed by atoms with van der Waals surface area (Å²) in [6.07, 6.45) is 9.61. The number of hydrogen-bond acceptors (Lipinski definition) is 4. The summed E-state index contributed by atoms with van der Waals surface area (Å²) in [4.78, 5) is 12.5. The molecule has 84 valence electrons. The number of ether oxygens (including phenoxy) is 1. The highest BCUT2D eigenvalue weighted by atomic mass is 16.5. The molecule has 0 N–H and O–H groups in total. The van der Waals surface area contributed by atoms with E-state index in [9.17, 15) is 0 Å². The molecule has 0 aromatic carbocycles. The molecule has 0 bridgehead atoms. The Kier molecular flexibility index (Phi) is 3.61. The molecule has 5 heteroatoms. The fraction of sp³-hybridized carbons (Fsp3) is 0.364. The second kappa shape index (κ2) is 5.37. The summed E-state index contributed by atoms with van der Waals surface area (Å²) in [5, 5.41) is 0. The average molecular weight is 218 g/mol. The monoisotopic (exact) mass is 218 g/mol. The molecule has 0 saturated carbocycles. The molecule has 2 rings (SSSR count). The smallest absolute Gasteiger partial charge is 0.162 e. The summed E-state index contributed by atoms with van der Waals surface area (Å²) in [7, 11) is 0. The quantitative estimate of drug-likeness (QED) is 0.717. The minimum absolute atomic E-state index is 0.500. The van der Waals surface area contributed by atoms with Crippen molar-refractivity contribution >= 4 is 0 Å². The Morgan fingerprint density at radius 2 is 2.19 bits per heavy atom. The van der Waals surface area contributed by atoms with E-state index in [0.717, 1.165) is 24.5 Å². The Morgan fingerprint density at radius 1 is 1.25 bits per heavy atom. The molecule has 16 heavy (non-hydrogen) atoms. The highest BCUT2D eigenvalue weighted by Crippen LogP contribution is 2.12. The van der Waals surface area contributed by atoms with Crippen LogP contribution in [-0.4, -0.2) is 26.1 Å². The lowest BCUT2D eigenvalue weighted by atomic mass is 10.4. The average Bonchev–Trinajstić information content (AvgIpc) is 2.79. The predicted molar refractivity (Wildman–Crippen MR) is 59.5 cm³/mol. The van der Waals surface area contributed by atoms with Crippen LogP contribution in [0, 0.1) is 0 Å². The lowest BCUT2D eigenvalue weighted by Crippen LogP contribution is -2.04. The number of nitrogens with zero attached hydrogens (tertiary/aromatic N) is 4. The third-order valence-electron chi connectivity index (χ3n) is 2.09. The second-order valence-corrected chi connectivity index (χ2v) is 3.35. The highest BCUT2D eigenvalue weighted by molar-refractivity contribution is 5.47. The van der Waals surface area contributed by atoms with Crippen molar-refractivity contribution < 1.29 is 4.74 Å². The van der Waals surface area contributed by atoms with Gasteiger partial charge in [0.05, 0.1) is 6.20 Å². The normalized spacial score (nSPS) is 10.6. The van der Waals surface area contributed by atoms with Crippen molar-refractivity contribution in [2.75, 3.05) is 6.61 Å². The molecule has 0 aliphatic carbocycles. The summed E-state index contributed by atoms with van der Waals surface area (Å²) < 4.78 is 7.38. The summed E-state index contributed by atoms with van der Waals surface area (Å²) in [6.45, 7) is 3.33. The highest BCUT2D eigenvalue weighted by Gasteiger charge is 2.06. The Morgan fingerprint density at radius 3 is 2.94 bits per heavy atom. The number of rotatable bonds is 5. The van der Waals surface area contributed by atoms with Crippen LogP contribution in [0.25, 0.3) is 11.5 Å². The van der Waals surface area contributed by atoms with Crippen molar-refractivity contribution in [2.45, 2.75) is 20.1 Å². The summed E-state index contributed by atoms with van der Waals surface area (Å²) in [5.41, 5.74) is 0.757. The zero-order valence-electron chi connectivity index (χ0n) is 9.21. The van der Waals surface area contributed by atoms with Gasteiger partial charge >= 0.3 is 0 Å². The first kappa shape index (κ1) is 10.8. The molecule has 2 heterocycles. The predicted octanol–water partition coefficient (Wildman–Crippen LogP) is 1.72. The van der Waals surface area contributed by atoms with Gasteiger partial charge in [-0.05, 0) is 6.42 Å². The molecular weight excluding hydrogens is 204 g/mol. The lowest BCUT2D eigenvalue weighted by Gasteiger charge is -2.07. The minimum Gasteiger partial charge on any atom is -0.361 e. The van der Waals surface area contributed by atoms with Crippen molar-refractivity contribution in [1.29, 1.82) is 0 Å². The molecule has 0 unspecified atom stereocenters. The Bertz CT molecular complexity index is 427. The van der Waals surface area contributed by atoms with Crippen molar-refractivity contribution in [3.05, 3.63) is 31.0 Å². The van der Waals surface area contributed by atoms with Crippen molar-refractivity contribution in [1.82, 2.24) is 19.5 Å². The largest absolute Gasteiger partial charge is 0.361 e. The SMILES string of the molecule is CCCOCn1ccnc1-c1cnccn1. The lowest BCUT2D eigenvalue weighted by molar-refractivity contribution is 0.0785. The standard InChI is InChI=1S/C11H14N4O/c1-2-7-16-9-15-6-5-14-11(15)10-8-12-3-4-13-10/h3-6,8H,2,7,9H2,1H3. The molecule has 0 fully saturated rings. The molecule has 0 aliphatic heterocycles. The van der Waals surface area contributed by atoms with Gasteiger partial charge < -0.3 is 9.30 Å². The molecule has 0 amide bonds. The van der Waals surface area contributed by atoms with E-state index in [1.165, 1.54) is 0 Å². The summed E-state index contributed by atoms with van der Waals surface area (Å²) in [6, 6.07) is 0. The van der Waals surface area contributed by atoms with E-state index in [4.69, 9.17) is 4.74 Å². The van der Waals surface area contributed by atoms with E-state index in [1.807, 2.05) is 10.8 Å². The van der Waals surface area contributed by atoms with E-state index in [0.29, 0.717) is 6.73 Å². The summed E-state index contributed by atoms with van der Waals surface area (Å²) in [5.74, 6) is 0.782. The molecule has 0 saturated heterocycles. The first-order valence-electron chi connectivity index (χ1n) is 5.27. The van der Waals surface area contributed by atoms with Crippen molar-refractivity contribution in [2.24, 2.45) is 0 Å². The van der Waals surface area contributed by atoms with Crippen LogP contribution in [-0.2, 0) is 11.5 Å². The van der Waals surface area contributed by atoms with Gasteiger partial charge in [0.1, 0.15) is 12.4 Å². The maximum Gasteiger partial charge on any atom is 0.162 e. The van der Waals surface area contributed by atoms with Crippen LogP contribution in [0.2, 0.25) is 0 Å². The molecular formula is C11H14N4O. The van der Waals surface area contributed by atoms with Gasteiger partial charge in [-0.25, -0.2) is 9.97 Å². The van der Waals surface area contributed by atoms with Gasteiger partial charge in [0.25, 0.3) is 0 Å². The maximum absolute atomic E-state index is 5.46. The third-order valence-corrected chi connectivity index (χ3v) is 2.09. The van der Waals surface area contributed by atoms with E-state index in [1.54, 1.807) is 24.8 Å². The number of aromatic nitrogens is 4. The second-order valence-electron chi connectivity index (χ2n) is 3.35. The number of hydrogen-bond donors (Lipinski definition) is 0. The zero-order valence-corrected chi connectivity index (χ0v) is 9.21. The van der Waals surface area contributed by atoms with E-state index in [2.05, 4.69) is 21.9 Å². The molecule has 5 nitrogen and oxygen atoms in total. The van der Waals surface area contributed by atoms with E-state index >= 15 is 0 Å². The van der Waals surface area contributed by atoms with Crippen molar-refractivity contribution in [3.63, 3.8) is 0 Å². The molecule has 0 spiro atoms. The van der Waals surface area contributed by atoms with Gasteiger partial charge in [0.15, 0.2) is 5.82 Å². The van der Waals surface area contributed by atoms with Crippen LogP contribution < -0.4 is 0 Å². The van der Waals surface area contributed by atoms with Crippen LogP contribution in [0.1, 0.15) is 13.3 Å². The van der Waals surface area contributed by atoms with Crippen LogP contribution in [0.5, 0.6) is 0 Å². The van der Waals surface area contributed by atoms with Gasteiger partial charge in [0, 0.05) is 31.4 Å². The third kappa shape index (κ3) is 2.43. The molecule has 0 atom stereocenters. The summed E-state index contributed by atoms with van der Waals surface area (Å²) >= 11 is 0. The number of imidazole rings is 1. The van der Waals surface area contributed by atoms with E-state index in [-0.39, 0.29) is 0 Å². The topological polar surface area (TPSA) is 52.8 Å². The maximum atomic E-state index is 5.46. The van der Waals surface area contributed by atoms with Crippen LogP contribution in [0.3, 0.4) is 0 Å². The molecule has 0 radical (unpaired) electrons. The molecule has 2 aromatic rings. The first-order valence-corrected chi connectivity index (χ1v) is 5.27. The Hall–Kier alpha value is -1.75. The van der Waals surface area contributed by atoms with Crippen LogP contribution >= 0.6 is 0 Å². The zero-order chi connectivity index (χ0) is 11.2. The molecule has 0 aliphatic rings. The Labute approximate surface area is 94.1 Å². The Balaban J connectivity index is 2.13. The fourth-order valence-electron chi connectivity index (χ4n) is 1.37. The van der Waals surface area contributed by atoms with Gasteiger partial charge in [0.2, 0.25) is 0 Å². The van der Waals surface area contributed by atoms with E-state index < -0.39 is 0 Å². The van der Waals surface area contributed by atoms with Gasteiger partial charge in [-0.2, -0.15) is 0 Å². The first-order chi connectivity index (χ1) is 7.92. The van der Waals surface area contributed by atoms with Crippen LogP contribution in [0.15, 0.2) is 31.0 Å². The van der Waals surface area contributed by atoms with Crippen LogP contribution in [0.4, 0.5) is 0 Å². The minimum atomic E-state index is 0.500. The van der Waals surface area contributed by atoms with Gasteiger partial charge in [-0.15, -0.1) is 0 Å². The molecule has 2 aromatic heterocycles. The van der Waals surface area contributed by atoms with Gasteiger partial charge in [-0.3, -0.25) is 4.98 Å². The van der Waals surface area contributed by atoms with Crippen molar-refractivity contribution in [3.8, 4) is 11.5 Å². The fourth-order valence-corrected chi connectivity index (χ4v) is 1.37. The van der Waals surface area contributed by atoms with Gasteiger partial charge in [-0.1, -0.05) is 6.92 Å².